The van der Waals surface area contributed by atoms with Gasteiger partial charge in [0.2, 0.25) is 0 Å². The molecule has 0 bridgehead atoms. The molecule has 2 saturated heterocycles. The van der Waals surface area contributed by atoms with Gasteiger partial charge in [-0.15, -0.1) is 0 Å². The monoisotopic (exact) mass is 259 g/mol. The summed E-state index contributed by atoms with van der Waals surface area (Å²) in [6, 6.07) is 8.41. The van der Waals surface area contributed by atoms with Gasteiger partial charge in [0, 0.05) is 50.9 Å². The van der Waals surface area contributed by atoms with Crippen molar-refractivity contribution in [2.24, 2.45) is 0 Å². The lowest BCUT2D eigenvalue weighted by Crippen LogP contribution is -2.63. The van der Waals surface area contributed by atoms with Crippen LogP contribution < -0.4 is 5.32 Å². The normalized spacial score (nSPS) is 21.2. The molecule has 19 heavy (non-hydrogen) atoms. The molecular formula is C15H21N3O. The Balaban J connectivity index is 1.58. The number of amides is 1. The van der Waals surface area contributed by atoms with Gasteiger partial charge < -0.3 is 10.2 Å². The Bertz CT molecular complexity index is 462. The molecular weight excluding hydrogens is 238 g/mol. The van der Waals surface area contributed by atoms with Crippen LogP contribution >= 0.6 is 0 Å². The smallest absolute Gasteiger partial charge is 0.254 e. The number of likely N-dealkylation sites (tertiary alicyclic amines) is 1. The molecule has 0 aliphatic carbocycles. The fourth-order valence-corrected chi connectivity index (χ4v) is 2.88. The van der Waals surface area contributed by atoms with Crippen LogP contribution in [0.15, 0.2) is 24.3 Å². The molecule has 2 fully saturated rings. The molecule has 0 spiro atoms. The first kappa shape index (κ1) is 12.6. The van der Waals surface area contributed by atoms with E-state index in [1.54, 1.807) is 0 Å². The Morgan fingerprint density at radius 1 is 1.21 bits per heavy atom. The maximum atomic E-state index is 12.4. The van der Waals surface area contributed by atoms with Crippen LogP contribution in [0.1, 0.15) is 15.9 Å². The zero-order chi connectivity index (χ0) is 13.2. The van der Waals surface area contributed by atoms with Gasteiger partial charge in [0.1, 0.15) is 0 Å². The van der Waals surface area contributed by atoms with E-state index in [2.05, 4.69) is 10.2 Å². The van der Waals surface area contributed by atoms with Crippen LogP contribution in [0.2, 0.25) is 0 Å². The summed E-state index contributed by atoms with van der Waals surface area (Å²) in [5.41, 5.74) is 1.92. The Kier molecular flexibility index (Phi) is 3.53. The summed E-state index contributed by atoms with van der Waals surface area (Å²) in [7, 11) is 0. The predicted octanol–water partition coefficient (Wildman–Crippen LogP) is 0.725. The highest BCUT2D eigenvalue weighted by Gasteiger charge is 2.35. The van der Waals surface area contributed by atoms with E-state index < -0.39 is 0 Å². The lowest BCUT2D eigenvalue weighted by atomic mass is 10.0. The molecule has 4 nitrogen and oxygen atoms in total. The Morgan fingerprint density at radius 2 is 1.89 bits per heavy atom. The van der Waals surface area contributed by atoms with Gasteiger partial charge in [-0.25, -0.2) is 0 Å². The van der Waals surface area contributed by atoms with E-state index in [0.717, 1.165) is 50.4 Å². The predicted molar refractivity (Wildman–Crippen MR) is 75.3 cm³/mol. The third kappa shape index (κ3) is 2.51. The van der Waals surface area contributed by atoms with E-state index in [4.69, 9.17) is 0 Å². The molecule has 1 aromatic rings. The third-order valence-electron chi connectivity index (χ3n) is 4.19. The van der Waals surface area contributed by atoms with Crippen molar-refractivity contribution in [3.8, 4) is 0 Å². The van der Waals surface area contributed by atoms with Gasteiger partial charge in [-0.05, 0) is 18.6 Å². The minimum absolute atomic E-state index is 0.185. The van der Waals surface area contributed by atoms with E-state index in [0.29, 0.717) is 6.04 Å². The number of nitrogens with one attached hydrogen (secondary N) is 1. The second-order valence-corrected chi connectivity index (χ2v) is 5.46. The Labute approximate surface area is 114 Å². The Hall–Kier alpha value is -1.39. The maximum absolute atomic E-state index is 12.4. The highest BCUT2D eigenvalue weighted by Crippen LogP contribution is 2.19. The zero-order valence-corrected chi connectivity index (χ0v) is 11.4. The van der Waals surface area contributed by atoms with Crippen LogP contribution in [0.5, 0.6) is 0 Å². The molecule has 0 atom stereocenters. The van der Waals surface area contributed by atoms with Crippen LogP contribution in [-0.2, 0) is 0 Å². The number of hydrogen-bond acceptors (Lipinski definition) is 3. The summed E-state index contributed by atoms with van der Waals surface area (Å²) in [4.78, 5) is 16.8. The second-order valence-electron chi connectivity index (χ2n) is 5.46. The molecule has 102 valence electrons. The van der Waals surface area contributed by atoms with Crippen molar-refractivity contribution in [3.05, 3.63) is 35.4 Å². The standard InChI is InChI=1S/C15H21N3O/c1-12-4-2-3-5-14(12)15(19)18-10-13(11-18)17-8-6-16-7-9-17/h2-5,13,16H,6-11H2,1H3. The summed E-state index contributed by atoms with van der Waals surface area (Å²) in [5, 5.41) is 3.36. The van der Waals surface area contributed by atoms with Gasteiger partial charge in [0.25, 0.3) is 5.91 Å². The maximum Gasteiger partial charge on any atom is 0.254 e. The minimum Gasteiger partial charge on any atom is -0.335 e. The van der Waals surface area contributed by atoms with E-state index in [-0.39, 0.29) is 5.91 Å². The molecule has 1 aromatic carbocycles. The second kappa shape index (κ2) is 5.31. The summed E-state index contributed by atoms with van der Waals surface area (Å²) in [6.07, 6.45) is 0. The summed E-state index contributed by atoms with van der Waals surface area (Å²) < 4.78 is 0. The third-order valence-corrected chi connectivity index (χ3v) is 4.19. The largest absolute Gasteiger partial charge is 0.335 e. The molecule has 1 N–H and O–H groups in total. The number of rotatable bonds is 2. The average molecular weight is 259 g/mol. The molecule has 0 unspecified atom stereocenters. The van der Waals surface area contributed by atoms with Gasteiger partial charge in [-0.2, -0.15) is 0 Å². The highest BCUT2D eigenvalue weighted by atomic mass is 16.2. The van der Waals surface area contributed by atoms with Crippen molar-refractivity contribution in [2.45, 2.75) is 13.0 Å². The average Bonchev–Trinajstić information content (AvgIpc) is 2.38. The van der Waals surface area contributed by atoms with Crippen molar-refractivity contribution in [3.63, 3.8) is 0 Å². The van der Waals surface area contributed by atoms with Crippen LogP contribution in [0, 0.1) is 6.92 Å². The molecule has 0 aromatic heterocycles. The summed E-state index contributed by atoms with van der Waals surface area (Å²) in [5.74, 6) is 0.185. The fourth-order valence-electron chi connectivity index (χ4n) is 2.88. The molecule has 2 aliphatic heterocycles. The highest BCUT2D eigenvalue weighted by molar-refractivity contribution is 5.96. The van der Waals surface area contributed by atoms with Crippen molar-refractivity contribution in [1.82, 2.24) is 15.1 Å². The molecule has 0 saturated carbocycles. The molecule has 0 radical (unpaired) electrons. The number of piperazine rings is 1. The fraction of sp³-hybridized carbons (Fsp3) is 0.533. The van der Waals surface area contributed by atoms with Crippen LogP contribution in [0.25, 0.3) is 0 Å². The number of hydrogen-bond donors (Lipinski definition) is 1. The molecule has 4 heteroatoms. The van der Waals surface area contributed by atoms with E-state index >= 15 is 0 Å². The zero-order valence-electron chi connectivity index (χ0n) is 11.4. The van der Waals surface area contributed by atoms with Gasteiger partial charge >= 0.3 is 0 Å². The molecule has 1 amide bonds. The van der Waals surface area contributed by atoms with Crippen molar-refractivity contribution >= 4 is 5.91 Å². The molecule has 2 aliphatic rings. The first-order chi connectivity index (χ1) is 9.25. The van der Waals surface area contributed by atoms with Gasteiger partial charge in [0.15, 0.2) is 0 Å². The van der Waals surface area contributed by atoms with E-state index in [1.165, 1.54) is 0 Å². The lowest BCUT2D eigenvalue weighted by molar-refractivity contribution is 0.0226. The van der Waals surface area contributed by atoms with Crippen molar-refractivity contribution in [2.75, 3.05) is 39.3 Å². The number of benzene rings is 1. The van der Waals surface area contributed by atoms with Gasteiger partial charge in [0.05, 0.1) is 0 Å². The van der Waals surface area contributed by atoms with Crippen LogP contribution in [0.4, 0.5) is 0 Å². The molecule has 2 heterocycles. The Morgan fingerprint density at radius 3 is 2.58 bits per heavy atom. The summed E-state index contributed by atoms with van der Waals surface area (Å²) >= 11 is 0. The molecule has 3 rings (SSSR count). The first-order valence-corrected chi connectivity index (χ1v) is 7.05. The van der Waals surface area contributed by atoms with Gasteiger partial charge in [-0.1, -0.05) is 18.2 Å². The topological polar surface area (TPSA) is 35.6 Å². The quantitative estimate of drug-likeness (QED) is 0.850. The van der Waals surface area contributed by atoms with Crippen LogP contribution in [-0.4, -0.2) is 61.0 Å². The first-order valence-electron chi connectivity index (χ1n) is 7.05. The summed E-state index contributed by atoms with van der Waals surface area (Å²) in [6.45, 7) is 8.12. The number of carbonyl (C=O) groups is 1. The number of carbonyl (C=O) groups excluding carboxylic acids is 1. The SMILES string of the molecule is Cc1ccccc1C(=O)N1CC(N2CCNCC2)C1. The van der Waals surface area contributed by atoms with Crippen LogP contribution in [0.3, 0.4) is 0 Å². The van der Waals surface area contributed by atoms with Crippen molar-refractivity contribution < 1.29 is 4.79 Å². The minimum atomic E-state index is 0.185. The number of aryl methyl sites for hydroxylation is 1. The van der Waals surface area contributed by atoms with Gasteiger partial charge in [-0.3, -0.25) is 9.69 Å². The van der Waals surface area contributed by atoms with E-state index in [1.807, 2.05) is 36.1 Å². The lowest BCUT2D eigenvalue weighted by Gasteiger charge is -2.46. The van der Waals surface area contributed by atoms with E-state index in [9.17, 15) is 4.79 Å². The van der Waals surface area contributed by atoms with Crippen molar-refractivity contribution in [1.29, 1.82) is 0 Å². The number of nitrogens with zero attached hydrogens (tertiary/aromatic N) is 2.